The number of aliphatic hydroxyl groups is 1. The Morgan fingerprint density at radius 3 is 2.92 bits per heavy atom. The Bertz CT molecular complexity index is 739. The van der Waals surface area contributed by atoms with E-state index in [1.165, 1.54) is 0 Å². The maximum atomic E-state index is 12.6. The smallest absolute Gasteiger partial charge is 0.272 e. The molecule has 3 heterocycles. The summed E-state index contributed by atoms with van der Waals surface area (Å²) in [6, 6.07) is 3.67. The van der Waals surface area contributed by atoms with Crippen LogP contribution in [0.2, 0.25) is 0 Å². The Morgan fingerprint density at radius 1 is 1.36 bits per heavy atom. The molecule has 0 radical (unpaired) electrons. The predicted molar refractivity (Wildman–Crippen MR) is 94.4 cm³/mol. The molecule has 1 aliphatic rings. The van der Waals surface area contributed by atoms with Crippen molar-refractivity contribution in [2.24, 2.45) is 0 Å². The molecule has 0 spiro atoms. The average molecular weight is 341 g/mol. The first-order valence-electron chi connectivity index (χ1n) is 8.39. The number of hydrogen-bond acceptors (Lipinski definition) is 6. The molecule has 1 aliphatic heterocycles. The lowest BCUT2D eigenvalue weighted by atomic mass is 9.92. The van der Waals surface area contributed by atoms with Crippen molar-refractivity contribution in [3.05, 3.63) is 48.2 Å². The minimum Gasteiger partial charge on any atom is -0.386 e. The van der Waals surface area contributed by atoms with Gasteiger partial charge in [0, 0.05) is 38.7 Å². The Labute approximate surface area is 147 Å². The number of rotatable bonds is 4. The van der Waals surface area contributed by atoms with E-state index >= 15 is 0 Å². The van der Waals surface area contributed by atoms with Crippen LogP contribution >= 0.6 is 0 Å². The van der Waals surface area contributed by atoms with E-state index in [1.807, 2.05) is 17.9 Å². The van der Waals surface area contributed by atoms with Crippen molar-refractivity contribution in [3.63, 3.8) is 0 Å². The van der Waals surface area contributed by atoms with Gasteiger partial charge in [0.05, 0.1) is 18.3 Å². The zero-order valence-electron chi connectivity index (χ0n) is 14.6. The summed E-state index contributed by atoms with van der Waals surface area (Å²) in [5.41, 5.74) is 0.273. The second kappa shape index (κ2) is 7.14. The summed E-state index contributed by atoms with van der Waals surface area (Å²) >= 11 is 0. The first-order chi connectivity index (χ1) is 12.0. The van der Waals surface area contributed by atoms with Gasteiger partial charge in [-0.2, -0.15) is 0 Å². The van der Waals surface area contributed by atoms with Crippen LogP contribution in [0.3, 0.4) is 0 Å². The van der Waals surface area contributed by atoms with Gasteiger partial charge in [-0.15, -0.1) is 0 Å². The molecule has 0 aromatic carbocycles. The highest BCUT2D eigenvalue weighted by molar-refractivity contribution is 5.93. The molecule has 1 N–H and O–H groups in total. The second-order valence-electron chi connectivity index (χ2n) is 6.64. The lowest BCUT2D eigenvalue weighted by molar-refractivity contribution is -0.000313. The monoisotopic (exact) mass is 341 g/mol. The summed E-state index contributed by atoms with van der Waals surface area (Å²) in [6.07, 6.45) is 8.04. The van der Waals surface area contributed by atoms with Crippen molar-refractivity contribution in [2.75, 3.05) is 31.6 Å². The van der Waals surface area contributed by atoms with Crippen molar-refractivity contribution in [3.8, 4) is 0 Å². The third-order valence-electron chi connectivity index (χ3n) is 4.52. The Balaban J connectivity index is 1.70. The normalized spacial score (nSPS) is 20.4. The van der Waals surface area contributed by atoms with E-state index in [9.17, 15) is 9.90 Å². The Morgan fingerprint density at radius 2 is 2.20 bits per heavy atom. The largest absolute Gasteiger partial charge is 0.386 e. The molecule has 25 heavy (non-hydrogen) atoms. The van der Waals surface area contributed by atoms with Crippen LogP contribution in [0.5, 0.6) is 0 Å². The van der Waals surface area contributed by atoms with Crippen molar-refractivity contribution in [1.82, 2.24) is 19.9 Å². The number of β-amino-alcohol motifs (C(OH)–C–C–N with tert-alkyl or cyclic N) is 1. The van der Waals surface area contributed by atoms with Gasteiger partial charge in [-0.05, 0) is 31.4 Å². The number of hydrogen-bond donors (Lipinski definition) is 1. The van der Waals surface area contributed by atoms with E-state index in [0.717, 1.165) is 24.3 Å². The highest BCUT2D eigenvalue weighted by atomic mass is 16.3. The fraction of sp³-hybridized carbons (Fsp3) is 0.444. The van der Waals surface area contributed by atoms with Crippen molar-refractivity contribution in [2.45, 2.75) is 25.4 Å². The molecule has 1 fully saturated rings. The first kappa shape index (κ1) is 17.3. The van der Waals surface area contributed by atoms with E-state index in [0.29, 0.717) is 18.7 Å². The van der Waals surface area contributed by atoms with E-state index < -0.39 is 5.60 Å². The maximum absolute atomic E-state index is 12.6. The number of aryl methyl sites for hydroxylation is 1. The molecule has 132 valence electrons. The van der Waals surface area contributed by atoms with Gasteiger partial charge in [-0.3, -0.25) is 14.8 Å². The number of nitrogens with zero attached hydrogens (tertiary/aromatic N) is 5. The number of carbonyl (C=O) groups excluding carboxylic acids is 1. The average Bonchev–Trinajstić information content (AvgIpc) is 2.62. The Kier molecular flexibility index (Phi) is 4.94. The summed E-state index contributed by atoms with van der Waals surface area (Å²) < 4.78 is 0. The van der Waals surface area contributed by atoms with Gasteiger partial charge in [0.2, 0.25) is 0 Å². The molecular formula is C18H23N5O2. The van der Waals surface area contributed by atoms with E-state index in [1.54, 1.807) is 42.8 Å². The lowest BCUT2D eigenvalue weighted by Crippen LogP contribution is -2.55. The molecule has 2 aromatic rings. The van der Waals surface area contributed by atoms with Crippen LogP contribution in [-0.4, -0.2) is 63.1 Å². The third-order valence-corrected chi connectivity index (χ3v) is 4.52. The fourth-order valence-electron chi connectivity index (χ4n) is 3.30. The van der Waals surface area contributed by atoms with Crippen LogP contribution in [0, 0.1) is 6.92 Å². The number of carbonyl (C=O) groups is 1. The second-order valence-corrected chi connectivity index (χ2v) is 6.64. The molecule has 3 rings (SSSR count). The number of piperidine rings is 1. The van der Waals surface area contributed by atoms with Crippen molar-refractivity contribution < 1.29 is 9.90 Å². The van der Waals surface area contributed by atoms with Gasteiger partial charge in [0.25, 0.3) is 5.91 Å². The van der Waals surface area contributed by atoms with E-state index in [2.05, 4.69) is 15.0 Å². The number of anilines is 1. The minimum atomic E-state index is -0.983. The summed E-state index contributed by atoms with van der Waals surface area (Å²) in [7, 11) is 1.70. The van der Waals surface area contributed by atoms with Crippen LogP contribution in [0.4, 0.5) is 5.82 Å². The summed E-state index contributed by atoms with van der Waals surface area (Å²) in [6.45, 7) is 3.35. The lowest BCUT2D eigenvalue weighted by Gasteiger charge is -2.41. The fourth-order valence-corrected chi connectivity index (χ4v) is 3.30. The van der Waals surface area contributed by atoms with Gasteiger partial charge in [0.1, 0.15) is 11.5 Å². The number of likely N-dealkylation sites (N-methyl/N-ethyl adjacent to an activating group) is 1. The molecule has 0 aliphatic carbocycles. The number of pyridine rings is 1. The van der Waals surface area contributed by atoms with E-state index in [-0.39, 0.29) is 12.5 Å². The molecule has 2 aromatic heterocycles. The zero-order chi connectivity index (χ0) is 17.9. The molecule has 0 bridgehead atoms. The van der Waals surface area contributed by atoms with Gasteiger partial charge in [-0.25, -0.2) is 4.98 Å². The first-order valence-corrected chi connectivity index (χ1v) is 8.39. The summed E-state index contributed by atoms with van der Waals surface area (Å²) in [5.74, 6) is 0.568. The van der Waals surface area contributed by atoms with Crippen molar-refractivity contribution >= 4 is 11.7 Å². The molecule has 7 heteroatoms. The van der Waals surface area contributed by atoms with Crippen LogP contribution in [0.25, 0.3) is 0 Å². The van der Waals surface area contributed by atoms with Gasteiger partial charge < -0.3 is 14.9 Å². The number of amides is 1. The quantitative estimate of drug-likeness (QED) is 0.902. The van der Waals surface area contributed by atoms with Crippen LogP contribution in [0.1, 0.15) is 28.9 Å². The molecular weight excluding hydrogens is 318 g/mol. The van der Waals surface area contributed by atoms with Crippen LogP contribution in [-0.2, 0) is 0 Å². The minimum absolute atomic E-state index is 0.178. The molecule has 1 atom stereocenters. The highest BCUT2D eigenvalue weighted by Gasteiger charge is 2.36. The topological polar surface area (TPSA) is 82.5 Å². The number of aromatic nitrogens is 3. The Hall–Kier alpha value is -2.54. The zero-order valence-corrected chi connectivity index (χ0v) is 14.6. The standard InChI is InChI=1S/C18H23N5O2/c1-14-5-3-7-21-16(14)17(24)22(2)12-18(25)6-4-10-23(13-18)15-11-19-8-9-20-15/h3,5,7-9,11,25H,4,6,10,12-13H2,1-2H3. The SMILES string of the molecule is Cc1cccnc1C(=O)N(C)CC1(O)CCCN(c2cnccn2)C1. The maximum Gasteiger partial charge on any atom is 0.272 e. The summed E-state index contributed by atoms with van der Waals surface area (Å²) in [4.78, 5) is 28.8. The highest BCUT2D eigenvalue weighted by Crippen LogP contribution is 2.25. The van der Waals surface area contributed by atoms with Crippen molar-refractivity contribution in [1.29, 1.82) is 0 Å². The van der Waals surface area contributed by atoms with Crippen LogP contribution in [0.15, 0.2) is 36.9 Å². The molecule has 1 unspecified atom stereocenters. The molecule has 1 amide bonds. The van der Waals surface area contributed by atoms with Gasteiger partial charge in [-0.1, -0.05) is 6.07 Å². The molecule has 0 saturated carbocycles. The van der Waals surface area contributed by atoms with E-state index in [4.69, 9.17) is 0 Å². The molecule has 1 saturated heterocycles. The summed E-state index contributed by atoms with van der Waals surface area (Å²) in [5, 5.41) is 11.0. The third kappa shape index (κ3) is 3.93. The van der Waals surface area contributed by atoms with Gasteiger partial charge >= 0.3 is 0 Å². The van der Waals surface area contributed by atoms with Gasteiger partial charge in [0.15, 0.2) is 0 Å². The van der Waals surface area contributed by atoms with Crippen LogP contribution < -0.4 is 4.90 Å². The molecule has 7 nitrogen and oxygen atoms in total. The predicted octanol–water partition coefficient (Wildman–Crippen LogP) is 1.28.